The zero-order chi connectivity index (χ0) is 20.4. The van der Waals surface area contributed by atoms with Crippen molar-refractivity contribution in [2.24, 2.45) is 0 Å². The van der Waals surface area contributed by atoms with Crippen molar-refractivity contribution in [1.82, 2.24) is 10.6 Å². The molecule has 1 amide bonds. The van der Waals surface area contributed by atoms with Crippen molar-refractivity contribution >= 4 is 6.09 Å². The van der Waals surface area contributed by atoms with Crippen LogP contribution in [0.4, 0.5) is 18.0 Å². The lowest BCUT2D eigenvalue weighted by Gasteiger charge is -2.16. The van der Waals surface area contributed by atoms with E-state index in [1.807, 2.05) is 36.4 Å². The maximum Gasteiger partial charge on any atom is 0.522 e. The van der Waals surface area contributed by atoms with Crippen LogP contribution in [0.25, 0.3) is 11.1 Å². The molecule has 0 radical (unpaired) electrons. The van der Waals surface area contributed by atoms with Crippen molar-refractivity contribution in [3.8, 4) is 11.1 Å². The Hall–Kier alpha value is -2.58. The summed E-state index contributed by atoms with van der Waals surface area (Å²) >= 11 is 0. The van der Waals surface area contributed by atoms with Gasteiger partial charge in [-0.3, -0.25) is 4.74 Å². The molecule has 1 saturated heterocycles. The summed E-state index contributed by atoms with van der Waals surface area (Å²) in [5, 5.41) is 5.53. The van der Waals surface area contributed by atoms with Gasteiger partial charge in [-0.05, 0) is 28.7 Å². The highest BCUT2D eigenvalue weighted by molar-refractivity contribution is 5.79. The lowest BCUT2D eigenvalue weighted by molar-refractivity contribution is -0.340. The zero-order valence-electron chi connectivity index (χ0n) is 15.5. The van der Waals surface area contributed by atoms with E-state index >= 15 is 0 Å². The molecule has 1 aliphatic heterocycles. The fourth-order valence-corrected chi connectivity index (χ4v) is 4.07. The van der Waals surface area contributed by atoms with Gasteiger partial charge in [0.2, 0.25) is 0 Å². The number of carbonyl (C=O) groups is 1. The number of benzene rings is 2. The monoisotopic (exact) mass is 406 g/mol. The van der Waals surface area contributed by atoms with Crippen LogP contribution in [0.1, 0.15) is 23.5 Å². The van der Waals surface area contributed by atoms with Gasteiger partial charge in [-0.1, -0.05) is 48.5 Å². The Morgan fingerprint density at radius 1 is 1.07 bits per heavy atom. The first kappa shape index (κ1) is 19.7. The molecular weight excluding hydrogens is 385 g/mol. The van der Waals surface area contributed by atoms with E-state index in [-0.39, 0.29) is 38.1 Å². The smallest absolute Gasteiger partial charge is 0.449 e. The van der Waals surface area contributed by atoms with Gasteiger partial charge in [-0.25, -0.2) is 4.79 Å². The lowest BCUT2D eigenvalue weighted by Crippen LogP contribution is -2.37. The molecule has 0 spiro atoms. The molecule has 1 aliphatic carbocycles. The van der Waals surface area contributed by atoms with E-state index < -0.39 is 18.6 Å². The first-order valence-corrected chi connectivity index (χ1v) is 9.47. The molecule has 29 heavy (non-hydrogen) atoms. The van der Waals surface area contributed by atoms with Gasteiger partial charge in [0.25, 0.3) is 0 Å². The number of rotatable bonds is 5. The van der Waals surface area contributed by atoms with Gasteiger partial charge in [0.05, 0.1) is 6.10 Å². The van der Waals surface area contributed by atoms with Crippen molar-refractivity contribution in [1.29, 1.82) is 0 Å². The second-order valence-electron chi connectivity index (χ2n) is 7.23. The van der Waals surface area contributed by atoms with Gasteiger partial charge in [0.1, 0.15) is 6.61 Å². The van der Waals surface area contributed by atoms with Gasteiger partial charge >= 0.3 is 12.5 Å². The molecule has 2 N–H and O–H groups in total. The average molecular weight is 406 g/mol. The number of hydrogen-bond acceptors (Lipinski definition) is 4. The number of halogens is 3. The van der Waals surface area contributed by atoms with E-state index in [0.717, 1.165) is 22.3 Å². The highest BCUT2D eigenvalue weighted by Gasteiger charge is 2.37. The van der Waals surface area contributed by atoms with Crippen LogP contribution < -0.4 is 10.6 Å². The molecule has 1 heterocycles. The summed E-state index contributed by atoms with van der Waals surface area (Å²) in [7, 11) is 0. The Morgan fingerprint density at radius 3 is 2.31 bits per heavy atom. The highest BCUT2D eigenvalue weighted by atomic mass is 19.4. The standard InChI is InChI=1S/C21H21F3N2O3/c22-21(23,24)29-14-9-13(25-11-14)10-26-20(27)28-12-19-17-7-3-1-5-15(17)16-6-2-4-8-18(16)19/h1-8,13-14,19,25H,9-12H2,(H,26,27)/t13-,14-/m0/s1. The molecule has 0 unspecified atom stereocenters. The van der Waals surface area contributed by atoms with Crippen LogP contribution in [0, 0.1) is 0 Å². The minimum atomic E-state index is -4.65. The number of fused-ring (bicyclic) bond motifs is 3. The van der Waals surface area contributed by atoms with E-state index in [2.05, 4.69) is 27.5 Å². The van der Waals surface area contributed by atoms with Gasteiger partial charge in [0.15, 0.2) is 0 Å². The quantitative estimate of drug-likeness (QED) is 0.793. The van der Waals surface area contributed by atoms with Gasteiger partial charge in [0, 0.05) is 25.0 Å². The van der Waals surface area contributed by atoms with Crippen LogP contribution in [-0.4, -0.2) is 44.3 Å². The third-order valence-electron chi connectivity index (χ3n) is 5.32. The van der Waals surface area contributed by atoms with Crippen molar-refractivity contribution in [2.45, 2.75) is 30.8 Å². The SMILES string of the molecule is O=C(NC[C@@H]1C[C@H](OC(F)(F)F)CN1)OCC1c2ccccc2-c2ccccc21. The first-order valence-electron chi connectivity index (χ1n) is 9.47. The Bertz CT molecular complexity index is 842. The molecule has 0 bridgehead atoms. The van der Waals surface area contributed by atoms with Crippen molar-refractivity contribution in [3.05, 3.63) is 59.7 Å². The first-order chi connectivity index (χ1) is 13.9. The number of alkyl halides is 3. The summed E-state index contributed by atoms with van der Waals surface area (Å²) in [6, 6.07) is 15.8. The molecular formula is C21H21F3N2O3. The molecule has 2 atom stereocenters. The van der Waals surface area contributed by atoms with E-state index in [9.17, 15) is 18.0 Å². The summed E-state index contributed by atoms with van der Waals surface area (Å²) in [6.07, 6.45) is -6.01. The predicted molar refractivity (Wildman–Crippen MR) is 100 cm³/mol. The number of amides is 1. The summed E-state index contributed by atoms with van der Waals surface area (Å²) in [5.41, 5.74) is 4.52. The number of alkyl carbamates (subject to hydrolysis) is 1. The van der Waals surface area contributed by atoms with Crippen LogP contribution in [0.3, 0.4) is 0 Å². The maximum absolute atomic E-state index is 12.3. The van der Waals surface area contributed by atoms with Crippen LogP contribution in [0.5, 0.6) is 0 Å². The minimum Gasteiger partial charge on any atom is -0.449 e. The molecule has 1 fully saturated rings. The topological polar surface area (TPSA) is 59.6 Å². The normalized spacial score (nSPS) is 20.9. The summed E-state index contributed by atoms with van der Waals surface area (Å²) in [6.45, 7) is 0.461. The van der Waals surface area contributed by atoms with E-state index in [4.69, 9.17) is 4.74 Å². The Kier molecular flexibility index (Phi) is 5.47. The summed E-state index contributed by atoms with van der Waals surface area (Å²) in [4.78, 5) is 12.1. The maximum atomic E-state index is 12.3. The van der Waals surface area contributed by atoms with Crippen LogP contribution in [-0.2, 0) is 9.47 Å². The molecule has 154 valence electrons. The molecule has 2 aromatic carbocycles. The van der Waals surface area contributed by atoms with E-state index in [1.165, 1.54) is 0 Å². The van der Waals surface area contributed by atoms with Gasteiger partial charge < -0.3 is 15.4 Å². The van der Waals surface area contributed by atoms with Crippen molar-refractivity contribution < 1.29 is 27.4 Å². The largest absolute Gasteiger partial charge is 0.522 e. The molecule has 2 aliphatic rings. The van der Waals surface area contributed by atoms with Crippen LogP contribution >= 0.6 is 0 Å². The second kappa shape index (κ2) is 8.04. The molecule has 0 saturated carbocycles. The van der Waals surface area contributed by atoms with E-state index in [1.54, 1.807) is 0 Å². The number of ether oxygens (including phenoxy) is 2. The molecule has 8 heteroatoms. The zero-order valence-corrected chi connectivity index (χ0v) is 15.5. The molecule has 2 aromatic rings. The molecule has 4 rings (SSSR count). The number of carbonyl (C=O) groups excluding carboxylic acids is 1. The average Bonchev–Trinajstić information content (AvgIpc) is 3.25. The van der Waals surface area contributed by atoms with Crippen molar-refractivity contribution in [2.75, 3.05) is 19.7 Å². The number of nitrogens with one attached hydrogen (secondary N) is 2. The summed E-state index contributed by atoms with van der Waals surface area (Å²) in [5.74, 6) is -0.0395. The van der Waals surface area contributed by atoms with E-state index in [0.29, 0.717) is 0 Å². The van der Waals surface area contributed by atoms with Crippen LogP contribution in [0.2, 0.25) is 0 Å². The fraction of sp³-hybridized carbons (Fsp3) is 0.381. The highest BCUT2D eigenvalue weighted by Crippen LogP contribution is 2.44. The summed E-state index contributed by atoms with van der Waals surface area (Å²) < 4.78 is 46.2. The number of hydrogen-bond donors (Lipinski definition) is 2. The lowest BCUT2D eigenvalue weighted by atomic mass is 9.98. The Balaban J connectivity index is 1.29. The van der Waals surface area contributed by atoms with Crippen molar-refractivity contribution in [3.63, 3.8) is 0 Å². The Labute approximate surface area is 166 Å². The molecule has 0 aromatic heterocycles. The fourth-order valence-electron chi connectivity index (χ4n) is 4.07. The molecule has 5 nitrogen and oxygen atoms in total. The predicted octanol–water partition coefficient (Wildman–Crippen LogP) is 3.79. The third-order valence-corrected chi connectivity index (χ3v) is 5.32. The van der Waals surface area contributed by atoms with Crippen LogP contribution in [0.15, 0.2) is 48.5 Å². The van der Waals surface area contributed by atoms with Gasteiger partial charge in [-0.2, -0.15) is 0 Å². The second-order valence-corrected chi connectivity index (χ2v) is 7.23. The van der Waals surface area contributed by atoms with Gasteiger partial charge in [-0.15, -0.1) is 13.2 Å². The minimum absolute atomic E-state index is 0.0395. The third kappa shape index (κ3) is 4.54. The Morgan fingerprint density at radius 2 is 1.69 bits per heavy atom.